The molecule has 0 atom stereocenters. The van der Waals surface area contributed by atoms with Gasteiger partial charge in [0.15, 0.2) is 6.61 Å². The fourth-order valence-electron chi connectivity index (χ4n) is 2.14. The molecule has 0 aliphatic heterocycles. The molecule has 0 aliphatic rings. The molecule has 9 heteroatoms. The van der Waals surface area contributed by atoms with Crippen LogP contribution in [0.25, 0.3) is 0 Å². The molecule has 136 valence electrons. The molecule has 0 aliphatic carbocycles. The molecule has 1 amide bonds. The number of rotatable bonds is 6. The monoisotopic (exact) mass is 361 g/mol. The van der Waals surface area contributed by atoms with Crippen molar-refractivity contribution < 1.29 is 23.6 Å². The number of nitro benzene ring substituents is 1. The molecule has 0 saturated heterocycles. The van der Waals surface area contributed by atoms with Crippen LogP contribution in [0.3, 0.4) is 0 Å². The van der Waals surface area contributed by atoms with Gasteiger partial charge in [-0.1, -0.05) is 18.2 Å². The average Bonchev–Trinajstić information content (AvgIpc) is 2.61. The van der Waals surface area contributed by atoms with Crippen LogP contribution in [0.4, 0.5) is 15.8 Å². The molecule has 2 aromatic carbocycles. The van der Waals surface area contributed by atoms with Crippen LogP contribution < -0.4 is 5.73 Å². The predicted molar refractivity (Wildman–Crippen MR) is 90.7 cm³/mol. The van der Waals surface area contributed by atoms with Crippen LogP contribution in [0.2, 0.25) is 0 Å². The number of nitrogens with two attached hydrogens (primary N) is 1. The summed E-state index contributed by atoms with van der Waals surface area (Å²) < 4.78 is 18.5. The minimum absolute atomic E-state index is 0.0166. The van der Waals surface area contributed by atoms with Gasteiger partial charge >= 0.3 is 5.97 Å². The molecule has 2 N–H and O–H groups in total. The highest BCUT2D eigenvalue weighted by Crippen LogP contribution is 2.20. The zero-order valence-electron chi connectivity index (χ0n) is 13.8. The Morgan fingerprint density at radius 3 is 2.58 bits per heavy atom. The number of non-ortho nitro benzene ring substituents is 1. The SMILES string of the molecule is CN(Cc1ccccc1F)C(=O)COC(=O)c1ccc([N+](=O)[O-])cc1N. The molecule has 0 unspecified atom stereocenters. The minimum Gasteiger partial charge on any atom is -0.452 e. The van der Waals surface area contributed by atoms with Gasteiger partial charge in [-0.05, 0) is 12.1 Å². The lowest BCUT2D eigenvalue weighted by Crippen LogP contribution is -2.31. The highest BCUT2D eigenvalue weighted by molar-refractivity contribution is 5.96. The van der Waals surface area contributed by atoms with Crippen LogP contribution >= 0.6 is 0 Å². The molecule has 26 heavy (non-hydrogen) atoms. The number of hydrogen-bond acceptors (Lipinski definition) is 6. The summed E-state index contributed by atoms with van der Waals surface area (Å²) in [7, 11) is 1.45. The summed E-state index contributed by atoms with van der Waals surface area (Å²) in [6, 6.07) is 9.31. The second-order valence-electron chi connectivity index (χ2n) is 5.45. The average molecular weight is 361 g/mol. The van der Waals surface area contributed by atoms with E-state index in [2.05, 4.69) is 0 Å². The van der Waals surface area contributed by atoms with Gasteiger partial charge in [0.1, 0.15) is 5.82 Å². The van der Waals surface area contributed by atoms with E-state index in [4.69, 9.17) is 10.5 Å². The number of halogens is 1. The van der Waals surface area contributed by atoms with E-state index in [1.54, 1.807) is 12.1 Å². The lowest BCUT2D eigenvalue weighted by molar-refractivity contribution is -0.384. The number of hydrogen-bond donors (Lipinski definition) is 1. The Labute approximate surface area is 148 Å². The highest BCUT2D eigenvalue weighted by Gasteiger charge is 2.18. The van der Waals surface area contributed by atoms with Gasteiger partial charge in [-0.2, -0.15) is 0 Å². The summed E-state index contributed by atoms with van der Waals surface area (Å²) in [6.07, 6.45) is 0. The number of nitro groups is 1. The molecular formula is C17H16FN3O5. The lowest BCUT2D eigenvalue weighted by Gasteiger charge is -2.17. The third-order valence-corrected chi connectivity index (χ3v) is 3.58. The van der Waals surface area contributed by atoms with Crippen molar-refractivity contribution in [2.45, 2.75) is 6.54 Å². The molecule has 0 radical (unpaired) electrons. The Balaban J connectivity index is 1.95. The van der Waals surface area contributed by atoms with E-state index in [9.17, 15) is 24.1 Å². The van der Waals surface area contributed by atoms with E-state index in [0.717, 1.165) is 18.2 Å². The van der Waals surface area contributed by atoms with Gasteiger partial charge in [0.25, 0.3) is 11.6 Å². The predicted octanol–water partition coefficient (Wildman–Crippen LogP) is 2.13. The molecule has 8 nitrogen and oxygen atoms in total. The number of nitrogen functional groups attached to an aromatic ring is 1. The Morgan fingerprint density at radius 1 is 1.27 bits per heavy atom. The van der Waals surface area contributed by atoms with Crippen LogP contribution in [0.5, 0.6) is 0 Å². The summed E-state index contributed by atoms with van der Waals surface area (Å²) in [5.41, 5.74) is 5.46. The Hall–Kier alpha value is -3.49. The number of likely N-dealkylation sites (N-methyl/N-ethyl adjacent to an activating group) is 1. The molecule has 0 spiro atoms. The van der Waals surface area contributed by atoms with Crippen LogP contribution in [0.15, 0.2) is 42.5 Å². The van der Waals surface area contributed by atoms with Crippen LogP contribution in [0, 0.1) is 15.9 Å². The first kappa shape index (κ1) is 18.8. The molecular weight excluding hydrogens is 345 g/mol. The third-order valence-electron chi connectivity index (χ3n) is 3.58. The number of anilines is 1. The normalized spacial score (nSPS) is 10.2. The molecule has 0 fully saturated rings. The Bertz CT molecular complexity index is 856. The lowest BCUT2D eigenvalue weighted by atomic mass is 10.1. The van der Waals surface area contributed by atoms with E-state index < -0.39 is 29.2 Å². The van der Waals surface area contributed by atoms with Crippen molar-refractivity contribution in [3.8, 4) is 0 Å². The van der Waals surface area contributed by atoms with Crippen LogP contribution in [0.1, 0.15) is 15.9 Å². The van der Waals surface area contributed by atoms with Crippen LogP contribution in [-0.2, 0) is 16.1 Å². The number of nitrogens with zero attached hydrogens (tertiary/aromatic N) is 2. The van der Waals surface area contributed by atoms with E-state index in [0.29, 0.717) is 5.56 Å². The summed E-state index contributed by atoms with van der Waals surface area (Å²) in [5, 5.41) is 10.7. The fraction of sp³-hybridized carbons (Fsp3) is 0.176. The maximum Gasteiger partial charge on any atom is 0.340 e. The summed E-state index contributed by atoms with van der Waals surface area (Å²) in [6.45, 7) is -0.553. The van der Waals surface area contributed by atoms with Crippen molar-refractivity contribution in [3.63, 3.8) is 0 Å². The Morgan fingerprint density at radius 2 is 1.96 bits per heavy atom. The number of esters is 1. The van der Waals surface area contributed by atoms with Crippen molar-refractivity contribution in [1.82, 2.24) is 4.90 Å². The zero-order valence-corrected chi connectivity index (χ0v) is 13.8. The first-order chi connectivity index (χ1) is 12.3. The van der Waals surface area contributed by atoms with Crippen molar-refractivity contribution >= 4 is 23.3 Å². The van der Waals surface area contributed by atoms with Crippen LogP contribution in [-0.4, -0.2) is 35.4 Å². The topological polar surface area (TPSA) is 116 Å². The molecule has 0 heterocycles. The smallest absolute Gasteiger partial charge is 0.340 e. The van der Waals surface area contributed by atoms with Gasteiger partial charge in [-0.25, -0.2) is 9.18 Å². The van der Waals surface area contributed by atoms with E-state index in [1.807, 2.05) is 0 Å². The van der Waals surface area contributed by atoms with Crippen molar-refractivity contribution in [2.24, 2.45) is 0 Å². The van der Waals surface area contributed by atoms with Gasteiger partial charge in [-0.3, -0.25) is 14.9 Å². The van der Waals surface area contributed by atoms with Gasteiger partial charge in [0, 0.05) is 31.3 Å². The number of amides is 1. The minimum atomic E-state index is -0.884. The van der Waals surface area contributed by atoms with Crippen molar-refractivity contribution in [3.05, 3.63) is 69.5 Å². The second-order valence-corrected chi connectivity index (χ2v) is 5.45. The van der Waals surface area contributed by atoms with Crippen molar-refractivity contribution in [2.75, 3.05) is 19.4 Å². The third kappa shape index (κ3) is 4.53. The molecule has 0 saturated carbocycles. The summed E-state index contributed by atoms with van der Waals surface area (Å²) in [5.74, 6) is -1.87. The fourth-order valence-corrected chi connectivity index (χ4v) is 2.14. The summed E-state index contributed by atoms with van der Waals surface area (Å²) >= 11 is 0. The number of benzene rings is 2. The first-order valence-corrected chi connectivity index (χ1v) is 7.48. The highest BCUT2D eigenvalue weighted by atomic mass is 19.1. The van der Waals surface area contributed by atoms with E-state index >= 15 is 0 Å². The number of ether oxygens (including phenoxy) is 1. The maximum absolute atomic E-state index is 13.6. The van der Waals surface area contributed by atoms with Gasteiger partial charge in [0.2, 0.25) is 0 Å². The zero-order chi connectivity index (χ0) is 19.3. The second kappa shape index (κ2) is 8.06. The van der Waals surface area contributed by atoms with E-state index in [-0.39, 0.29) is 23.5 Å². The van der Waals surface area contributed by atoms with Crippen molar-refractivity contribution in [1.29, 1.82) is 0 Å². The largest absolute Gasteiger partial charge is 0.452 e. The van der Waals surface area contributed by atoms with Gasteiger partial charge in [-0.15, -0.1) is 0 Å². The van der Waals surface area contributed by atoms with Gasteiger partial charge < -0.3 is 15.4 Å². The maximum atomic E-state index is 13.6. The Kier molecular flexibility index (Phi) is 5.84. The molecule has 0 bridgehead atoms. The van der Waals surface area contributed by atoms with Gasteiger partial charge in [0.05, 0.1) is 16.2 Å². The molecule has 0 aromatic heterocycles. The number of carbonyl (C=O) groups is 2. The standard InChI is InChI=1S/C17H16FN3O5/c1-20(9-11-4-2-3-5-14(11)18)16(22)10-26-17(23)13-7-6-12(21(24)25)8-15(13)19/h2-8H,9-10,19H2,1H3. The quantitative estimate of drug-likeness (QED) is 0.365. The molecule has 2 aromatic rings. The molecule has 2 rings (SSSR count). The first-order valence-electron chi connectivity index (χ1n) is 7.48. The van der Waals surface area contributed by atoms with E-state index in [1.165, 1.54) is 24.1 Å². The summed E-state index contributed by atoms with van der Waals surface area (Å²) in [4.78, 5) is 35.2. The number of carbonyl (C=O) groups excluding carboxylic acids is 2.